The topological polar surface area (TPSA) is 90.5 Å². The zero-order valence-electron chi connectivity index (χ0n) is 18.3. The molecule has 0 spiro atoms. The summed E-state index contributed by atoms with van der Waals surface area (Å²) >= 11 is 0. The zero-order chi connectivity index (χ0) is 25.5. The van der Waals surface area contributed by atoms with Crippen LogP contribution in [0.1, 0.15) is 42.1 Å². The van der Waals surface area contributed by atoms with Gasteiger partial charge in [-0.25, -0.2) is 9.78 Å². The molecule has 1 aliphatic heterocycles. The predicted octanol–water partition coefficient (Wildman–Crippen LogP) is 4.20. The number of fused-ring (bicyclic) bond motifs is 1. The van der Waals surface area contributed by atoms with Crippen LogP contribution in [-0.4, -0.2) is 45.5 Å². The van der Waals surface area contributed by atoms with Crippen LogP contribution in [0.5, 0.6) is 0 Å². The number of rotatable bonds is 5. The second-order valence-electron chi connectivity index (χ2n) is 8.69. The molecule has 35 heavy (non-hydrogen) atoms. The third kappa shape index (κ3) is 5.38. The van der Waals surface area contributed by atoms with Crippen molar-refractivity contribution in [3.63, 3.8) is 0 Å². The maximum absolute atomic E-state index is 13.4. The van der Waals surface area contributed by atoms with Crippen molar-refractivity contribution in [2.24, 2.45) is 5.92 Å². The van der Waals surface area contributed by atoms with Crippen LogP contribution >= 0.6 is 0 Å². The molecule has 2 N–H and O–H groups in total. The van der Waals surface area contributed by atoms with Gasteiger partial charge in [0.25, 0.3) is 11.7 Å². The third-order valence-electron chi connectivity index (χ3n) is 6.11. The first-order valence-electron chi connectivity index (χ1n) is 10.9. The second kappa shape index (κ2) is 9.08. The molecular weight excluding hydrogens is 482 g/mol. The molecule has 4 rings (SSSR count). The summed E-state index contributed by atoms with van der Waals surface area (Å²) in [6.45, 7) is -0.816. The van der Waals surface area contributed by atoms with Gasteiger partial charge in [-0.1, -0.05) is 43.2 Å². The van der Waals surface area contributed by atoms with Crippen molar-refractivity contribution < 1.29 is 35.9 Å². The first kappa shape index (κ1) is 24.9. The lowest BCUT2D eigenvalue weighted by atomic mass is 9.99. The van der Waals surface area contributed by atoms with E-state index >= 15 is 0 Å². The van der Waals surface area contributed by atoms with E-state index in [2.05, 4.69) is 9.72 Å². The van der Waals surface area contributed by atoms with Crippen LogP contribution in [0.4, 0.5) is 37.1 Å². The molecule has 1 fully saturated rings. The third-order valence-corrected chi connectivity index (χ3v) is 6.11. The average Bonchev–Trinajstić information content (AvgIpc) is 3.59. The van der Waals surface area contributed by atoms with Gasteiger partial charge in [0.15, 0.2) is 0 Å². The Morgan fingerprint density at radius 2 is 1.74 bits per heavy atom. The molecule has 1 aromatic carbocycles. The Kier molecular flexibility index (Phi) is 6.45. The van der Waals surface area contributed by atoms with Crippen LogP contribution in [0, 0.1) is 5.92 Å². The van der Waals surface area contributed by atoms with E-state index in [1.165, 1.54) is 4.57 Å². The molecule has 13 heteroatoms. The lowest BCUT2D eigenvalue weighted by Crippen LogP contribution is -2.49. The first-order valence-corrected chi connectivity index (χ1v) is 10.9. The maximum Gasteiger partial charge on any atom is 0.434 e. The molecule has 1 amide bonds. The Morgan fingerprint density at radius 1 is 1.11 bits per heavy atom. The van der Waals surface area contributed by atoms with Gasteiger partial charge in [-0.05, 0) is 24.3 Å². The normalized spacial score (nSPS) is 17.3. The fraction of sp³-hybridized carbons (Fsp3) is 0.500. The molecule has 1 saturated carbocycles. The molecule has 1 aliphatic carbocycles. The zero-order valence-corrected chi connectivity index (χ0v) is 18.3. The number of nitrogens with two attached hydrogens (primary N) is 1. The molecule has 1 atom stereocenters. The monoisotopic (exact) mass is 504 g/mol. The number of nitrogens with zero attached hydrogens (tertiary/aromatic N) is 3. The minimum absolute atomic E-state index is 0.0146. The van der Waals surface area contributed by atoms with Gasteiger partial charge in [0.2, 0.25) is 5.95 Å². The summed E-state index contributed by atoms with van der Waals surface area (Å²) in [4.78, 5) is 30.4. The molecule has 0 radical (unpaired) electrons. The Hall–Kier alpha value is -3.25. The van der Waals surface area contributed by atoms with Crippen molar-refractivity contribution >= 4 is 12.0 Å². The van der Waals surface area contributed by atoms with E-state index < -0.39 is 36.7 Å². The van der Waals surface area contributed by atoms with Gasteiger partial charge in [0, 0.05) is 12.1 Å². The second-order valence-corrected chi connectivity index (χ2v) is 8.69. The number of ether oxygens (including phenoxy) is 1. The summed E-state index contributed by atoms with van der Waals surface area (Å²) < 4.78 is 81.7. The first-order chi connectivity index (χ1) is 16.4. The minimum Gasteiger partial charge on any atom is -0.426 e. The fourth-order valence-electron chi connectivity index (χ4n) is 4.21. The standard InChI is InChI=1S/C22H22F6N4O3/c23-21(24,25)18(22(26,27)28)35-20(34)31-9-8-14-15(11-31)30-19(29)32(17(14)33)16(10-12-6-7-12)13-4-2-1-3-5-13/h1-5,12,16,18H,6-11H2,(H2,29,30). The summed E-state index contributed by atoms with van der Waals surface area (Å²) in [6.07, 6.45) is -15.1. The summed E-state index contributed by atoms with van der Waals surface area (Å²) in [5, 5.41) is 0. The fourth-order valence-corrected chi connectivity index (χ4v) is 4.21. The highest BCUT2D eigenvalue weighted by Gasteiger charge is 2.60. The molecule has 7 nitrogen and oxygen atoms in total. The molecular formula is C22H22F6N4O3. The molecule has 0 saturated heterocycles. The van der Waals surface area contributed by atoms with Crippen molar-refractivity contribution in [3.05, 3.63) is 57.5 Å². The van der Waals surface area contributed by atoms with Gasteiger partial charge >= 0.3 is 18.4 Å². The average molecular weight is 504 g/mol. The Morgan fingerprint density at radius 3 is 2.31 bits per heavy atom. The van der Waals surface area contributed by atoms with E-state index in [1.54, 1.807) is 0 Å². The smallest absolute Gasteiger partial charge is 0.426 e. The highest BCUT2D eigenvalue weighted by molar-refractivity contribution is 5.68. The maximum atomic E-state index is 13.4. The number of benzene rings is 1. The Bertz CT molecular complexity index is 1130. The van der Waals surface area contributed by atoms with E-state index in [9.17, 15) is 35.9 Å². The van der Waals surface area contributed by atoms with Crippen LogP contribution in [0.15, 0.2) is 35.1 Å². The van der Waals surface area contributed by atoms with Gasteiger partial charge < -0.3 is 15.4 Å². The molecule has 2 heterocycles. The van der Waals surface area contributed by atoms with Gasteiger partial charge in [0.05, 0.1) is 18.3 Å². The van der Waals surface area contributed by atoms with Gasteiger partial charge in [-0.15, -0.1) is 0 Å². The quantitative estimate of drug-likeness (QED) is 0.617. The lowest BCUT2D eigenvalue weighted by Gasteiger charge is -2.31. The molecule has 0 bridgehead atoms. The minimum atomic E-state index is -5.83. The van der Waals surface area contributed by atoms with E-state index in [-0.39, 0.29) is 36.2 Å². The number of amides is 1. The van der Waals surface area contributed by atoms with Gasteiger partial charge in [-0.2, -0.15) is 26.3 Å². The molecule has 1 aromatic heterocycles. The number of carbonyl (C=O) groups is 1. The Labute approximate surface area is 195 Å². The molecule has 2 aromatic rings. The number of hydrogen-bond acceptors (Lipinski definition) is 5. The van der Waals surface area contributed by atoms with Crippen molar-refractivity contribution in [3.8, 4) is 0 Å². The van der Waals surface area contributed by atoms with Crippen molar-refractivity contribution in [2.75, 3.05) is 12.3 Å². The van der Waals surface area contributed by atoms with Crippen LogP contribution in [0.25, 0.3) is 0 Å². The summed E-state index contributed by atoms with van der Waals surface area (Å²) in [6, 6.07) is 8.87. The van der Waals surface area contributed by atoms with Crippen LogP contribution in [0.2, 0.25) is 0 Å². The molecule has 2 aliphatic rings. The highest BCUT2D eigenvalue weighted by Crippen LogP contribution is 2.40. The SMILES string of the molecule is Nc1nc2c(c(=O)n1C(CC1CC1)c1ccccc1)CCN(C(=O)OC(C(F)(F)F)C(F)(F)F)C2. The lowest BCUT2D eigenvalue weighted by molar-refractivity contribution is -0.308. The van der Waals surface area contributed by atoms with Crippen LogP contribution in [0.3, 0.4) is 0 Å². The number of carbonyl (C=O) groups excluding carboxylic acids is 1. The number of hydrogen-bond donors (Lipinski definition) is 1. The van der Waals surface area contributed by atoms with E-state index in [4.69, 9.17) is 5.73 Å². The summed E-state index contributed by atoms with van der Waals surface area (Å²) in [7, 11) is 0. The number of halogens is 6. The highest BCUT2D eigenvalue weighted by atomic mass is 19.4. The van der Waals surface area contributed by atoms with Gasteiger partial charge in [-0.3, -0.25) is 9.36 Å². The van der Waals surface area contributed by atoms with Crippen molar-refractivity contribution in [1.82, 2.24) is 14.5 Å². The van der Waals surface area contributed by atoms with Crippen molar-refractivity contribution in [2.45, 2.75) is 56.7 Å². The van der Waals surface area contributed by atoms with Crippen LogP contribution < -0.4 is 11.3 Å². The predicted molar refractivity (Wildman–Crippen MR) is 111 cm³/mol. The Balaban J connectivity index is 1.60. The number of aromatic nitrogens is 2. The summed E-state index contributed by atoms with van der Waals surface area (Å²) in [5.41, 5.74) is 6.76. The van der Waals surface area contributed by atoms with Crippen molar-refractivity contribution in [1.29, 1.82) is 0 Å². The van der Waals surface area contributed by atoms with Crippen LogP contribution in [-0.2, 0) is 17.7 Å². The van der Waals surface area contributed by atoms with E-state index in [0.29, 0.717) is 17.2 Å². The number of anilines is 1. The summed E-state index contributed by atoms with van der Waals surface area (Å²) in [5.74, 6) is 0.282. The largest absolute Gasteiger partial charge is 0.434 e. The number of alkyl halides is 6. The van der Waals surface area contributed by atoms with Gasteiger partial charge in [0.1, 0.15) is 0 Å². The molecule has 1 unspecified atom stereocenters. The molecule has 190 valence electrons. The van der Waals surface area contributed by atoms with E-state index in [1.807, 2.05) is 30.3 Å². The number of nitrogen functional groups attached to an aromatic ring is 1. The van der Waals surface area contributed by atoms with E-state index in [0.717, 1.165) is 18.4 Å².